The van der Waals surface area contributed by atoms with Gasteiger partial charge in [-0.2, -0.15) is 0 Å². The largest absolute Gasteiger partial charge is 0.145 e. The van der Waals surface area contributed by atoms with Crippen molar-refractivity contribution in [3.05, 3.63) is 60.7 Å². The van der Waals surface area contributed by atoms with Crippen molar-refractivity contribution in [1.29, 1.82) is 0 Å². The molecule has 2 aromatic carbocycles. The van der Waals surface area contributed by atoms with Crippen LogP contribution in [0.3, 0.4) is 0 Å². The van der Waals surface area contributed by atoms with Gasteiger partial charge in [-0.15, -0.1) is 15.3 Å². The van der Waals surface area contributed by atoms with Gasteiger partial charge in [0.2, 0.25) is 0 Å². The normalized spacial score (nSPS) is 16.6. The van der Waals surface area contributed by atoms with Gasteiger partial charge in [0, 0.05) is 0 Å². The third kappa shape index (κ3) is 5.59. The molecule has 1 atom stereocenters. The van der Waals surface area contributed by atoms with E-state index in [-0.39, 0.29) is 30.2 Å². The molecule has 0 amide bonds. The Balaban J connectivity index is 3.63. The molecular formula is C36H64BrSi4. The summed E-state index contributed by atoms with van der Waals surface area (Å²) in [5.41, 5.74) is -2.53. The fourth-order valence-electron chi connectivity index (χ4n) is 11.9. The lowest BCUT2D eigenvalue weighted by molar-refractivity contribution is 0.551. The molecule has 0 spiro atoms. The van der Waals surface area contributed by atoms with Crippen molar-refractivity contribution in [2.45, 2.75) is 155 Å². The zero-order chi connectivity index (χ0) is 32.3. The van der Waals surface area contributed by atoms with Gasteiger partial charge in [-0.25, -0.2) is 0 Å². The number of rotatable bonds is 5. The first-order chi connectivity index (χ1) is 18.1. The van der Waals surface area contributed by atoms with Crippen molar-refractivity contribution in [1.82, 2.24) is 0 Å². The molecule has 2 rings (SSSR count). The van der Waals surface area contributed by atoms with Crippen LogP contribution in [-0.2, 0) is 0 Å². The van der Waals surface area contributed by atoms with E-state index < -0.39 is 28.7 Å². The van der Waals surface area contributed by atoms with Crippen molar-refractivity contribution in [2.75, 3.05) is 0 Å². The first-order valence-corrected chi connectivity index (χ1v) is 28.5. The molecule has 0 heterocycles. The van der Waals surface area contributed by atoms with E-state index in [0.717, 1.165) is 0 Å². The van der Waals surface area contributed by atoms with Crippen LogP contribution in [0, 0.1) is 0 Å². The van der Waals surface area contributed by atoms with Crippen LogP contribution in [0.2, 0.25) is 30.2 Å². The molecule has 1 unspecified atom stereocenters. The molecule has 0 aromatic heterocycles. The molecule has 41 heavy (non-hydrogen) atoms. The van der Waals surface area contributed by atoms with Gasteiger partial charge >= 0.3 is 0 Å². The lowest BCUT2D eigenvalue weighted by Gasteiger charge is -2.72. The first-order valence-electron chi connectivity index (χ1n) is 15.8. The zero-order valence-corrected chi connectivity index (χ0v) is 35.7. The van der Waals surface area contributed by atoms with Gasteiger partial charge in [0.05, 0.1) is 23.0 Å². The number of hydrogen-bond donors (Lipinski definition) is 0. The third-order valence-corrected chi connectivity index (χ3v) is 80.8. The quantitative estimate of drug-likeness (QED) is 0.217. The van der Waals surface area contributed by atoms with E-state index >= 15 is 0 Å². The maximum atomic E-state index is 5.22. The van der Waals surface area contributed by atoms with Crippen molar-refractivity contribution in [3.8, 4) is 0 Å². The summed E-state index contributed by atoms with van der Waals surface area (Å²) in [5, 5.41) is 4.44. The monoisotopic (exact) mass is 687 g/mol. The molecule has 2 aromatic rings. The Morgan fingerprint density at radius 1 is 0.439 bits per heavy atom. The van der Waals surface area contributed by atoms with Crippen LogP contribution >= 0.6 is 15.3 Å². The van der Waals surface area contributed by atoms with Crippen LogP contribution < -0.4 is 10.4 Å². The van der Waals surface area contributed by atoms with Gasteiger partial charge in [-0.3, -0.25) is 0 Å². The summed E-state index contributed by atoms with van der Waals surface area (Å²) in [4.78, 5) is 0. The van der Waals surface area contributed by atoms with Gasteiger partial charge in [-0.1, -0.05) is 196 Å². The van der Waals surface area contributed by atoms with Crippen LogP contribution in [0.4, 0.5) is 0 Å². The van der Waals surface area contributed by atoms with Crippen molar-refractivity contribution < 1.29 is 0 Å². The molecule has 231 valence electrons. The Morgan fingerprint density at radius 2 is 0.732 bits per heavy atom. The maximum absolute atomic E-state index is 5.22. The summed E-state index contributed by atoms with van der Waals surface area (Å²) < 4.78 is 0. The molecule has 0 saturated heterocycles. The van der Waals surface area contributed by atoms with Crippen molar-refractivity contribution in [3.63, 3.8) is 0 Å². The van der Waals surface area contributed by atoms with E-state index in [0.29, 0.717) is 0 Å². The Labute approximate surface area is 268 Å². The maximum Gasteiger partial charge on any atom is 0.145 e. The van der Waals surface area contributed by atoms with Gasteiger partial charge in [0.25, 0.3) is 0 Å². The highest BCUT2D eigenvalue weighted by atomic mass is 79.9. The Bertz CT molecular complexity index is 1080. The molecule has 0 bridgehead atoms. The average molecular weight is 689 g/mol. The Kier molecular flexibility index (Phi) is 10.2. The van der Waals surface area contributed by atoms with Crippen LogP contribution in [0.5, 0.6) is 0 Å². The van der Waals surface area contributed by atoms with E-state index in [2.05, 4.69) is 185 Å². The predicted molar refractivity (Wildman–Crippen MR) is 202 cm³/mol. The minimum absolute atomic E-state index is 0.174. The molecule has 0 aliphatic carbocycles. The predicted octanol–water partition coefficient (Wildman–Crippen LogP) is 11.6. The van der Waals surface area contributed by atoms with E-state index in [4.69, 9.17) is 15.3 Å². The SMILES string of the molecule is CC(C)(C)[Si]([Si](c1ccccc1)[Si](Br)(c1ccccc1)[Si](C(C)(C)C)(C(C)(C)C)C(C)(C)C)(C(C)(C)C)C(C)(C)C. The fraction of sp³-hybridized carbons (Fsp3) is 0.667. The second-order valence-electron chi connectivity index (χ2n) is 18.8. The highest BCUT2D eigenvalue weighted by molar-refractivity contribution is 9.30. The molecule has 0 fully saturated rings. The Morgan fingerprint density at radius 3 is 1.00 bits per heavy atom. The number of hydrogen-bond acceptors (Lipinski definition) is 0. The molecule has 0 aliphatic rings. The van der Waals surface area contributed by atoms with Gasteiger partial charge in [-0.05, 0) is 30.2 Å². The topological polar surface area (TPSA) is 0 Å². The van der Waals surface area contributed by atoms with E-state index in [1.54, 1.807) is 10.4 Å². The first kappa shape index (κ1) is 37.0. The average Bonchev–Trinajstić information content (AvgIpc) is 2.72. The Hall–Kier alpha value is -0.212. The van der Waals surface area contributed by atoms with E-state index in [1.807, 2.05) is 0 Å². The molecule has 1 radical (unpaired) electrons. The summed E-state index contributed by atoms with van der Waals surface area (Å²) >= 11 is 5.22. The summed E-state index contributed by atoms with van der Waals surface area (Å²) in [5.74, 6) is 0. The number of halogens is 1. The lowest BCUT2D eigenvalue weighted by Crippen LogP contribution is -2.92. The summed E-state index contributed by atoms with van der Waals surface area (Å²) in [7, 11) is -5.86. The summed E-state index contributed by atoms with van der Waals surface area (Å²) in [6.45, 7) is 47.3. The summed E-state index contributed by atoms with van der Waals surface area (Å²) in [6, 6.07) is 24.0. The molecule has 0 saturated carbocycles. The zero-order valence-electron chi connectivity index (χ0n) is 30.2. The lowest BCUT2D eigenvalue weighted by atomic mass is 10.2. The smallest absolute Gasteiger partial charge is 0.127 e. The minimum atomic E-state index is -2.53. The molecular weight excluding hydrogens is 625 g/mol. The van der Waals surface area contributed by atoms with Crippen molar-refractivity contribution in [2.24, 2.45) is 0 Å². The van der Waals surface area contributed by atoms with E-state index in [9.17, 15) is 0 Å². The molecule has 0 nitrogen and oxygen atoms in total. The molecule has 5 heteroatoms. The van der Waals surface area contributed by atoms with Crippen LogP contribution in [0.1, 0.15) is 125 Å². The second-order valence-corrected chi connectivity index (χ2v) is 56.9. The van der Waals surface area contributed by atoms with Gasteiger partial charge in [0.15, 0.2) is 0 Å². The third-order valence-electron chi connectivity index (χ3n) is 10.2. The highest BCUT2D eigenvalue weighted by Gasteiger charge is 2.79. The molecule has 0 aliphatic heterocycles. The number of benzene rings is 2. The van der Waals surface area contributed by atoms with Crippen LogP contribution in [-0.4, -0.2) is 28.7 Å². The summed E-state index contributed by atoms with van der Waals surface area (Å²) in [6.07, 6.45) is 0. The van der Waals surface area contributed by atoms with Crippen LogP contribution in [0.15, 0.2) is 60.7 Å². The van der Waals surface area contributed by atoms with Crippen molar-refractivity contribution >= 4 is 54.4 Å². The fourth-order valence-corrected chi connectivity index (χ4v) is 128. The minimum Gasteiger partial charge on any atom is -0.127 e. The second kappa shape index (κ2) is 11.3. The van der Waals surface area contributed by atoms with E-state index in [1.165, 1.54) is 0 Å². The van der Waals surface area contributed by atoms with Crippen LogP contribution in [0.25, 0.3) is 0 Å². The van der Waals surface area contributed by atoms with Gasteiger partial charge < -0.3 is 0 Å². The standard InChI is InChI=1S/C36H64BrSi4/c1-31(2,3)40(32(4,5)6,33(7,8)9)38(29-25-21-19-22-26-29)39(37,30-27-23-20-24-28-30)41(34(10,11)12,35(13,14)15)36(16,17)18/h19-28H,1-18H3. The molecule has 0 N–H and O–H groups in total. The van der Waals surface area contributed by atoms with Gasteiger partial charge in [0.1, 0.15) is 5.73 Å². The highest BCUT2D eigenvalue weighted by Crippen LogP contribution is 2.70.